The highest BCUT2D eigenvalue weighted by Gasteiger charge is 2.61. The number of aryl methyl sites for hydroxylation is 1. The molecule has 0 amide bonds. The number of ether oxygens (including phenoxy) is 7. The number of carbonyl (C=O) groups excluding carboxylic acids is 3. The van der Waals surface area contributed by atoms with E-state index in [1.54, 1.807) is 19.2 Å². The largest absolute Gasteiger partial charge is 0.504 e. The summed E-state index contributed by atoms with van der Waals surface area (Å²) in [5.41, 5.74) is 4.53. The van der Waals surface area contributed by atoms with Crippen LogP contribution in [0.2, 0.25) is 0 Å². The molecule has 4 bridgehead atoms. The first kappa shape index (κ1) is 49.2. The van der Waals surface area contributed by atoms with Crippen LogP contribution in [0, 0.1) is 13.8 Å². The number of fused-ring (bicyclic) bond motifs is 9. The molecule has 0 aromatic heterocycles. The lowest BCUT2D eigenvalue weighted by molar-refractivity contribution is -0.186. The smallest absolute Gasteiger partial charge is 0.331 e. The first-order chi connectivity index (χ1) is 33.4. The van der Waals surface area contributed by atoms with Gasteiger partial charge in [-0.3, -0.25) is 24.7 Å². The fourth-order valence-corrected chi connectivity index (χ4v) is 13.7. The van der Waals surface area contributed by atoms with Crippen molar-refractivity contribution in [1.82, 2.24) is 15.1 Å². The zero-order chi connectivity index (χ0) is 48.7. The van der Waals surface area contributed by atoms with Crippen molar-refractivity contribution in [1.29, 1.82) is 0 Å². The van der Waals surface area contributed by atoms with Gasteiger partial charge in [0.1, 0.15) is 18.6 Å². The van der Waals surface area contributed by atoms with Gasteiger partial charge in [-0.2, -0.15) is 0 Å². The number of aromatic hydroxyl groups is 1. The van der Waals surface area contributed by atoms with E-state index in [-0.39, 0.29) is 55.4 Å². The summed E-state index contributed by atoms with van der Waals surface area (Å²) in [4.78, 5) is 47.4. The summed E-state index contributed by atoms with van der Waals surface area (Å²) in [7, 11) is 5.08. The third-order valence-corrected chi connectivity index (χ3v) is 16.9. The number of unbranched alkanes of at least 4 members (excludes halogenated alkanes) is 8. The topological polar surface area (TPSA) is 175 Å². The van der Waals surface area contributed by atoms with Gasteiger partial charge < -0.3 is 43.4 Å². The summed E-state index contributed by atoms with van der Waals surface area (Å²) >= 11 is 1.50. The fraction of sp³-hybridized carbons (Fsp3) is 0.604. The minimum atomic E-state index is -1.40. The molecule has 3 aromatic carbocycles. The molecule has 7 heterocycles. The Morgan fingerprint density at radius 2 is 1.52 bits per heavy atom. The molecule has 7 aliphatic heterocycles. The van der Waals surface area contributed by atoms with Gasteiger partial charge in [-0.05, 0) is 81.0 Å². The van der Waals surface area contributed by atoms with Gasteiger partial charge in [0, 0.05) is 53.4 Å². The standard InChI is InChI=1S/C53H69N3O12S/c1-8-10-12-14-16-18-38(58)67-46-30(4)47-48(66-28-65-47)41-35-26-64-52(61)53(33-25-37(62-6)36(57)24-31(33)20-21-54-53)27-69-50(42(41)46)44-43-40-32(23-34(55(43)5)51(60)56(35)44)22-29(3)45(63-7)49(40)68-39(59)19-17-15-13-11-9-2/h22,24-25,34-35,43-44,50-51,54,57,60H,8-21,23,26-28H2,1-7H3/t34-,35-,43+,44?,50+,51-,53+/m0/s1. The summed E-state index contributed by atoms with van der Waals surface area (Å²) in [6.45, 7) is 8.30. The monoisotopic (exact) mass is 971 g/mol. The van der Waals surface area contributed by atoms with E-state index in [2.05, 4.69) is 35.0 Å². The molecule has 16 heteroatoms. The maximum absolute atomic E-state index is 15.1. The summed E-state index contributed by atoms with van der Waals surface area (Å²) in [6.07, 6.45) is 10.1. The van der Waals surface area contributed by atoms with Crippen molar-refractivity contribution in [2.75, 3.05) is 47.0 Å². The Labute approximate surface area is 409 Å². The second-order valence-electron chi connectivity index (χ2n) is 19.6. The summed E-state index contributed by atoms with van der Waals surface area (Å²) in [6, 6.07) is 3.08. The van der Waals surface area contributed by atoms with Gasteiger partial charge in [0.2, 0.25) is 6.79 Å². The van der Waals surface area contributed by atoms with E-state index in [9.17, 15) is 19.8 Å². The van der Waals surface area contributed by atoms with Crippen molar-refractivity contribution in [3.05, 3.63) is 62.7 Å². The van der Waals surface area contributed by atoms with Crippen LogP contribution in [0.1, 0.15) is 153 Å². The van der Waals surface area contributed by atoms with Gasteiger partial charge in [-0.15, -0.1) is 11.8 Å². The second kappa shape index (κ2) is 20.5. The normalized spacial score (nSPS) is 25.5. The number of hydrogen-bond donors (Lipinski definition) is 3. The first-order valence-electron chi connectivity index (χ1n) is 25.1. The number of carbonyl (C=O) groups is 3. The van der Waals surface area contributed by atoms with Crippen molar-refractivity contribution in [2.45, 2.75) is 159 Å². The Hall–Kier alpha value is -4.74. The maximum Gasteiger partial charge on any atom is 0.331 e. The van der Waals surface area contributed by atoms with E-state index in [1.165, 1.54) is 18.9 Å². The van der Waals surface area contributed by atoms with Gasteiger partial charge in [0.25, 0.3) is 0 Å². The minimum Gasteiger partial charge on any atom is -0.504 e. The number of rotatable bonds is 16. The highest BCUT2D eigenvalue weighted by Crippen LogP contribution is 2.64. The van der Waals surface area contributed by atoms with E-state index in [1.807, 2.05) is 20.9 Å². The summed E-state index contributed by atoms with van der Waals surface area (Å²) in [5.74, 6) is 1.23. The van der Waals surface area contributed by atoms with Gasteiger partial charge >= 0.3 is 17.9 Å². The second-order valence-corrected chi connectivity index (χ2v) is 20.7. The molecular weight excluding hydrogens is 903 g/mol. The lowest BCUT2D eigenvalue weighted by atomic mass is 9.73. The number of nitrogens with one attached hydrogen (secondary N) is 1. The van der Waals surface area contributed by atoms with Crippen molar-refractivity contribution >= 4 is 29.7 Å². The number of likely N-dealkylation sites (N-methyl/N-ethyl adjacent to an activating group) is 1. The van der Waals surface area contributed by atoms with E-state index in [4.69, 9.17) is 33.2 Å². The molecule has 0 radical (unpaired) electrons. The molecule has 69 heavy (non-hydrogen) atoms. The average molecular weight is 972 g/mol. The average Bonchev–Trinajstić information content (AvgIpc) is 3.83. The number of hydrogen-bond acceptors (Lipinski definition) is 16. The van der Waals surface area contributed by atoms with Crippen LogP contribution in [0.25, 0.3) is 0 Å². The minimum absolute atomic E-state index is 0.0235. The molecular formula is C53H69N3O12S. The molecule has 3 aromatic rings. The lowest BCUT2D eigenvalue weighted by Crippen LogP contribution is -2.70. The van der Waals surface area contributed by atoms with Gasteiger partial charge in [0.05, 0.1) is 37.6 Å². The van der Waals surface area contributed by atoms with E-state index >= 15 is 4.79 Å². The van der Waals surface area contributed by atoms with E-state index in [0.29, 0.717) is 83.2 Å². The van der Waals surface area contributed by atoms with Crippen LogP contribution < -0.4 is 33.7 Å². The molecule has 1 spiro atoms. The number of thioether (sulfide) groups is 1. The zero-order valence-electron chi connectivity index (χ0n) is 41.2. The van der Waals surface area contributed by atoms with Crippen molar-refractivity contribution in [3.63, 3.8) is 0 Å². The molecule has 374 valence electrons. The molecule has 7 atom stereocenters. The number of benzene rings is 3. The van der Waals surface area contributed by atoms with Crippen LogP contribution in [-0.4, -0.2) is 103 Å². The molecule has 2 fully saturated rings. The van der Waals surface area contributed by atoms with E-state index < -0.39 is 47.2 Å². The molecule has 2 saturated heterocycles. The molecule has 7 aliphatic rings. The maximum atomic E-state index is 15.1. The van der Waals surface area contributed by atoms with Crippen LogP contribution in [0.5, 0.6) is 40.2 Å². The Kier molecular flexibility index (Phi) is 14.7. The number of esters is 3. The molecule has 1 unspecified atom stereocenters. The SMILES string of the molecule is CCCCCCCC(=O)Oc1c(C)c2c(c3c1[C@H]1SC[C@]4(NCCc5cc(O)c(OC)cc54)C(=O)OC[C@@H]3N3C1[C@H]1c4c(cc(C)c(OC)c4OC(=O)CCCCCCC)C[C@@H]([C@@H]3O)N1C)OCO2. The third kappa shape index (κ3) is 8.69. The zero-order valence-corrected chi connectivity index (χ0v) is 42.0. The third-order valence-electron chi connectivity index (χ3n) is 15.4. The van der Waals surface area contributed by atoms with Crippen molar-refractivity contribution in [2.24, 2.45) is 0 Å². The van der Waals surface area contributed by atoms with Crippen molar-refractivity contribution in [3.8, 4) is 40.2 Å². The molecule has 15 nitrogen and oxygen atoms in total. The fourth-order valence-electron chi connectivity index (χ4n) is 12.0. The number of phenols is 1. The Morgan fingerprint density at radius 1 is 0.841 bits per heavy atom. The van der Waals surface area contributed by atoms with Gasteiger partial charge in [-0.25, -0.2) is 4.79 Å². The number of nitrogens with zero attached hydrogens (tertiary/aromatic N) is 2. The van der Waals surface area contributed by atoms with Crippen LogP contribution in [0.15, 0.2) is 18.2 Å². The Morgan fingerprint density at radius 3 is 2.20 bits per heavy atom. The number of aliphatic hydroxyl groups is 1. The number of methoxy groups -OCH3 is 2. The highest BCUT2D eigenvalue weighted by molar-refractivity contribution is 7.99. The molecule has 0 aliphatic carbocycles. The molecule has 10 rings (SSSR count). The van der Waals surface area contributed by atoms with Crippen molar-refractivity contribution < 1.29 is 57.8 Å². The molecule has 3 N–H and O–H groups in total. The number of phenolic OH excluding ortho intramolecular Hbond substituents is 1. The van der Waals surface area contributed by atoms with Crippen LogP contribution in [-0.2, 0) is 37.5 Å². The highest BCUT2D eigenvalue weighted by atomic mass is 32.2. The number of aliphatic hydroxyl groups excluding tert-OH is 1. The number of piperazine rings is 1. The predicted octanol–water partition coefficient (Wildman–Crippen LogP) is 8.31. The van der Waals surface area contributed by atoms with Crippen LogP contribution in [0.4, 0.5) is 0 Å². The van der Waals surface area contributed by atoms with E-state index in [0.717, 1.165) is 73.6 Å². The van der Waals surface area contributed by atoms with Crippen LogP contribution in [0.3, 0.4) is 0 Å². The Balaban J connectivity index is 1.24. The first-order valence-corrected chi connectivity index (χ1v) is 26.1. The summed E-state index contributed by atoms with van der Waals surface area (Å²) in [5, 5.41) is 26.9. The summed E-state index contributed by atoms with van der Waals surface area (Å²) < 4.78 is 44.0. The lowest BCUT2D eigenvalue weighted by Gasteiger charge is -2.62. The Bertz CT molecular complexity index is 2460. The predicted molar refractivity (Wildman–Crippen MR) is 260 cm³/mol. The quantitative estimate of drug-likeness (QED) is 0.0710. The van der Waals surface area contributed by atoms with Gasteiger partial charge in [0.15, 0.2) is 40.0 Å². The van der Waals surface area contributed by atoms with Crippen LogP contribution >= 0.6 is 11.8 Å². The van der Waals surface area contributed by atoms with Gasteiger partial charge in [-0.1, -0.05) is 71.3 Å². The molecule has 0 saturated carbocycles.